The van der Waals surface area contributed by atoms with Crippen LogP contribution >= 0.6 is 0 Å². The fourth-order valence-electron chi connectivity index (χ4n) is 3.48. The van der Waals surface area contributed by atoms with Crippen molar-refractivity contribution < 1.29 is 0 Å². The highest BCUT2D eigenvalue weighted by atomic mass is 15.3. The number of likely N-dealkylation sites (N-methyl/N-ethyl adjacent to an activating group) is 1. The molecule has 0 aromatic rings. The molecule has 4 heteroatoms. The lowest BCUT2D eigenvalue weighted by Crippen LogP contribution is -2.50. The summed E-state index contributed by atoms with van der Waals surface area (Å²) < 4.78 is 0. The molecule has 1 N–H and O–H groups in total. The topological polar surface area (TPSA) is 21.8 Å². The summed E-state index contributed by atoms with van der Waals surface area (Å²) in [5.41, 5.74) is 0. The van der Waals surface area contributed by atoms with E-state index >= 15 is 0 Å². The summed E-state index contributed by atoms with van der Waals surface area (Å²) >= 11 is 0. The Hall–Kier alpha value is -0.160. The molecule has 0 atom stereocenters. The standard InChI is InChI=1S/C16H34N4/c1-15(2)20-7-4-16(5-8-20)14-19-12-10-18(11-13-19)9-6-17-3/h15-17H,4-14H2,1-3H3. The SMILES string of the molecule is CNCCN1CCN(CC2CCN(C(C)C)CC2)CC1. The summed E-state index contributed by atoms with van der Waals surface area (Å²) in [6, 6.07) is 0.728. The van der Waals surface area contributed by atoms with Crippen molar-refractivity contribution >= 4 is 0 Å². The van der Waals surface area contributed by atoms with Crippen LogP contribution < -0.4 is 5.32 Å². The van der Waals surface area contributed by atoms with E-state index in [0.717, 1.165) is 18.5 Å². The number of piperidine rings is 1. The van der Waals surface area contributed by atoms with Crippen molar-refractivity contribution in [2.45, 2.75) is 32.7 Å². The van der Waals surface area contributed by atoms with E-state index in [9.17, 15) is 0 Å². The first-order chi connectivity index (χ1) is 9.69. The quantitative estimate of drug-likeness (QED) is 0.783. The van der Waals surface area contributed by atoms with Crippen molar-refractivity contribution in [2.75, 3.05) is 66.0 Å². The van der Waals surface area contributed by atoms with Gasteiger partial charge in [-0.25, -0.2) is 0 Å². The first-order valence-corrected chi connectivity index (χ1v) is 8.52. The van der Waals surface area contributed by atoms with Crippen molar-refractivity contribution in [3.63, 3.8) is 0 Å². The van der Waals surface area contributed by atoms with Crippen LogP contribution in [0.25, 0.3) is 0 Å². The van der Waals surface area contributed by atoms with E-state index in [-0.39, 0.29) is 0 Å². The Labute approximate surface area is 125 Å². The molecule has 20 heavy (non-hydrogen) atoms. The number of piperazine rings is 1. The van der Waals surface area contributed by atoms with E-state index in [1.807, 2.05) is 7.05 Å². The summed E-state index contributed by atoms with van der Waals surface area (Å²) in [4.78, 5) is 7.92. The lowest BCUT2D eigenvalue weighted by molar-refractivity contribution is 0.0879. The van der Waals surface area contributed by atoms with Gasteiger partial charge in [0.2, 0.25) is 0 Å². The minimum Gasteiger partial charge on any atom is -0.318 e. The zero-order valence-electron chi connectivity index (χ0n) is 13.8. The van der Waals surface area contributed by atoms with Crippen molar-refractivity contribution in [2.24, 2.45) is 5.92 Å². The number of likely N-dealkylation sites (tertiary alicyclic amines) is 1. The maximum absolute atomic E-state index is 3.25. The number of hydrogen-bond donors (Lipinski definition) is 1. The highest BCUT2D eigenvalue weighted by Crippen LogP contribution is 2.20. The van der Waals surface area contributed by atoms with Gasteiger partial charge in [0.05, 0.1) is 0 Å². The lowest BCUT2D eigenvalue weighted by Gasteiger charge is -2.39. The predicted molar refractivity (Wildman–Crippen MR) is 86.2 cm³/mol. The van der Waals surface area contributed by atoms with Gasteiger partial charge < -0.3 is 15.1 Å². The largest absolute Gasteiger partial charge is 0.318 e. The van der Waals surface area contributed by atoms with E-state index in [2.05, 4.69) is 33.9 Å². The monoisotopic (exact) mass is 282 g/mol. The van der Waals surface area contributed by atoms with Crippen LogP contribution in [0.15, 0.2) is 0 Å². The molecule has 2 saturated heterocycles. The van der Waals surface area contributed by atoms with Crippen LogP contribution in [0, 0.1) is 5.92 Å². The summed E-state index contributed by atoms with van der Waals surface area (Å²) in [5, 5.41) is 3.25. The zero-order valence-corrected chi connectivity index (χ0v) is 13.8. The predicted octanol–water partition coefficient (Wildman–Crippen LogP) is 0.944. The summed E-state index contributed by atoms with van der Waals surface area (Å²) in [5.74, 6) is 0.939. The molecule has 118 valence electrons. The Bertz CT molecular complexity index is 253. The van der Waals surface area contributed by atoms with Crippen molar-refractivity contribution in [1.29, 1.82) is 0 Å². The highest BCUT2D eigenvalue weighted by molar-refractivity contribution is 4.79. The number of rotatable bonds is 6. The van der Waals surface area contributed by atoms with Crippen LogP contribution in [0.4, 0.5) is 0 Å². The molecule has 0 saturated carbocycles. The van der Waals surface area contributed by atoms with Crippen LogP contribution in [0.1, 0.15) is 26.7 Å². The Balaban J connectivity index is 1.61. The van der Waals surface area contributed by atoms with E-state index in [1.54, 1.807) is 0 Å². The summed E-state index contributed by atoms with van der Waals surface area (Å²) in [7, 11) is 2.04. The number of nitrogens with zero attached hydrogens (tertiary/aromatic N) is 3. The van der Waals surface area contributed by atoms with Gasteiger partial charge >= 0.3 is 0 Å². The smallest absolute Gasteiger partial charge is 0.0110 e. The van der Waals surface area contributed by atoms with E-state index in [0.29, 0.717) is 0 Å². The number of hydrogen-bond acceptors (Lipinski definition) is 4. The van der Waals surface area contributed by atoms with Crippen LogP contribution in [0.2, 0.25) is 0 Å². The molecule has 0 spiro atoms. The van der Waals surface area contributed by atoms with E-state index in [1.165, 1.54) is 65.2 Å². The molecule has 2 rings (SSSR count). The molecule has 0 radical (unpaired) electrons. The maximum atomic E-state index is 3.25. The Morgan fingerprint density at radius 1 is 0.950 bits per heavy atom. The van der Waals surface area contributed by atoms with E-state index < -0.39 is 0 Å². The first kappa shape index (κ1) is 16.2. The number of nitrogens with one attached hydrogen (secondary N) is 1. The molecular formula is C16H34N4. The fourth-order valence-corrected chi connectivity index (χ4v) is 3.48. The van der Waals surface area contributed by atoms with Crippen molar-refractivity contribution in [3.05, 3.63) is 0 Å². The molecule has 0 amide bonds. The van der Waals surface area contributed by atoms with Crippen molar-refractivity contribution in [1.82, 2.24) is 20.0 Å². The maximum Gasteiger partial charge on any atom is 0.0110 e. The molecule has 2 aliphatic rings. The molecule has 0 aromatic carbocycles. The van der Waals surface area contributed by atoms with Gasteiger partial charge in [0.1, 0.15) is 0 Å². The van der Waals surface area contributed by atoms with Gasteiger partial charge in [-0.15, -0.1) is 0 Å². The Kier molecular flexibility index (Phi) is 6.75. The molecule has 0 aliphatic carbocycles. The average molecular weight is 282 g/mol. The molecule has 2 fully saturated rings. The average Bonchev–Trinajstić information content (AvgIpc) is 2.47. The molecule has 0 bridgehead atoms. The molecule has 2 heterocycles. The van der Waals surface area contributed by atoms with E-state index in [4.69, 9.17) is 0 Å². The second kappa shape index (κ2) is 8.32. The molecule has 4 nitrogen and oxygen atoms in total. The van der Waals surface area contributed by atoms with Crippen LogP contribution in [-0.4, -0.2) is 86.7 Å². The second-order valence-corrected chi connectivity index (χ2v) is 6.82. The van der Waals surface area contributed by atoms with Crippen LogP contribution in [0.3, 0.4) is 0 Å². The first-order valence-electron chi connectivity index (χ1n) is 8.52. The Morgan fingerprint density at radius 2 is 1.55 bits per heavy atom. The normalized spacial score (nSPS) is 24.6. The summed E-state index contributed by atoms with van der Waals surface area (Å²) in [6.45, 7) is 16.0. The van der Waals surface area contributed by atoms with Crippen molar-refractivity contribution in [3.8, 4) is 0 Å². The molecule has 0 aromatic heterocycles. The van der Waals surface area contributed by atoms with Gasteiger partial charge in [-0.05, 0) is 52.7 Å². The highest BCUT2D eigenvalue weighted by Gasteiger charge is 2.24. The fraction of sp³-hybridized carbons (Fsp3) is 1.00. The summed E-state index contributed by atoms with van der Waals surface area (Å²) in [6.07, 6.45) is 2.80. The van der Waals surface area contributed by atoms with Gasteiger partial charge in [0.25, 0.3) is 0 Å². The zero-order chi connectivity index (χ0) is 14.4. The minimum atomic E-state index is 0.728. The van der Waals surface area contributed by atoms with Gasteiger partial charge in [-0.2, -0.15) is 0 Å². The van der Waals surface area contributed by atoms with Gasteiger partial charge in [-0.3, -0.25) is 4.90 Å². The third-order valence-electron chi connectivity index (χ3n) is 5.04. The molecule has 2 aliphatic heterocycles. The van der Waals surface area contributed by atoms with Gasteiger partial charge in [-0.1, -0.05) is 0 Å². The van der Waals surface area contributed by atoms with Gasteiger partial charge in [0, 0.05) is 51.9 Å². The van der Waals surface area contributed by atoms with Crippen LogP contribution in [-0.2, 0) is 0 Å². The molecular weight excluding hydrogens is 248 g/mol. The second-order valence-electron chi connectivity index (χ2n) is 6.82. The molecule has 0 unspecified atom stereocenters. The lowest BCUT2D eigenvalue weighted by atomic mass is 9.95. The van der Waals surface area contributed by atoms with Crippen LogP contribution in [0.5, 0.6) is 0 Å². The van der Waals surface area contributed by atoms with Gasteiger partial charge in [0.15, 0.2) is 0 Å². The third kappa shape index (κ3) is 4.99. The minimum absolute atomic E-state index is 0.728. The Morgan fingerprint density at radius 3 is 2.10 bits per heavy atom. The third-order valence-corrected chi connectivity index (χ3v) is 5.04.